The van der Waals surface area contributed by atoms with Crippen LogP contribution in [0.15, 0.2) is 68.7 Å². The van der Waals surface area contributed by atoms with Gasteiger partial charge in [-0.1, -0.05) is 0 Å². The second-order valence-electron chi connectivity index (χ2n) is 11.5. The molecule has 6 aromatic heterocycles. The summed E-state index contributed by atoms with van der Waals surface area (Å²) in [6.45, 7) is 0. The first kappa shape index (κ1) is 21.3. The van der Waals surface area contributed by atoms with Crippen LogP contribution in [0.25, 0.3) is 125 Å². The molecule has 42 heavy (non-hydrogen) atoms. The second-order valence-corrected chi connectivity index (χ2v) is 17.0. The lowest BCUT2D eigenvalue weighted by atomic mass is 9.79. The van der Waals surface area contributed by atoms with Gasteiger partial charge in [-0.05, 0) is 68.7 Å². The van der Waals surface area contributed by atoms with Crippen LogP contribution in [-0.2, 0) is 0 Å². The third-order valence-corrected chi connectivity index (χ3v) is 15.6. The standard InChI is InChI=1S/C36H12S6/c1-7-37-31-13(1)19-15-3-9-39-33(15)29-27-23(19)25-21(31)17-5-11-41-35(17)30-28(25)24-20(16-4-10-40-34(16)30)14-2-8-38-32(14)22(26(24)27)18-6-12-42-36(18)29/h1-12H. The maximum atomic E-state index is 2.40. The van der Waals surface area contributed by atoms with Gasteiger partial charge in [0.25, 0.3) is 0 Å². The molecular weight excluding hydrogens is 625 g/mol. The molecule has 0 fully saturated rings. The first-order chi connectivity index (χ1) is 20.9. The topological polar surface area (TPSA) is 0 Å². The molecule has 0 unspecified atom stereocenters. The smallest absolute Gasteiger partial charge is 0.0442 e. The molecule has 0 spiro atoms. The van der Waals surface area contributed by atoms with E-state index in [1.807, 2.05) is 68.0 Å². The molecule has 0 radical (unpaired) electrons. The van der Waals surface area contributed by atoms with E-state index in [2.05, 4.69) is 68.7 Å². The zero-order valence-electron chi connectivity index (χ0n) is 21.4. The van der Waals surface area contributed by atoms with Gasteiger partial charge in [0, 0.05) is 125 Å². The monoisotopic (exact) mass is 636 g/mol. The molecule has 0 saturated heterocycles. The Bertz CT molecular complexity index is 2540. The van der Waals surface area contributed by atoms with Gasteiger partial charge in [-0.3, -0.25) is 0 Å². The lowest BCUT2D eigenvalue weighted by molar-refractivity contribution is 2.04. The van der Waals surface area contributed by atoms with E-state index in [1.165, 1.54) is 125 Å². The van der Waals surface area contributed by atoms with Gasteiger partial charge in [0.1, 0.15) is 0 Å². The summed E-state index contributed by atoms with van der Waals surface area (Å²) in [7, 11) is 0. The zero-order chi connectivity index (χ0) is 26.6. The predicted molar refractivity (Wildman–Crippen MR) is 197 cm³/mol. The Morgan fingerprint density at radius 2 is 0.429 bits per heavy atom. The van der Waals surface area contributed by atoms with Crippen LogP contribution in [0.5, 0.6) is 0 Å². The zero-order valence-corrected chi connectivity index (χ0v) is 26.3. The van der Waals surface area contributed by atoms with Crippen LogP contribution in [0.3, 0.4) is 0 Å². The van der Waals surface area contributed by atoms with Crippen molar-refractivity contribution in [2.45, 2.75) is 0 Å². The predicted octanol–water partition coefficient (Wildman–Crippen LogP) is 14.2. The minimum absolute atomic E-state index is 1.42. The minimum atomic E-state index is 1.42. The molecule has 192 valence electrons. The van der Waals surface area contributed by atoms with Crippen LogP contribution in [0.2, 0.25) is 0 Å². The highest BCUT2D eigenvalue weighted by atomic mass is 32.1. The van der Waals surface area contributed by atoms with Crippen molar-refractivity contribution in [3.63, 3.8) is 0 Å². The highest BCUT2D eigenvalue weighted by Gasteiger charge is 2.31. The molecule has 0 N–H and O–H groups in total. The number of hydrogen-bond acceptors (Lipinski definition) is 6. The summed E-state index contributed by atoms with van der Waals surface area (Å²) >= 11 is 11.6. The van der Waals surface area contributed by atoms with Crippen LogP contribution >= 0.6 is 68.0 Å². The molecule has 13 rings (SSSR count). The summed E-state index contributed by atoms with van der Waals surface area (Å²) in [4.78, 5) is 0. The summed E-state index contributed by atoms with van der Waals surface area (Å²) < 4.78 is 8.70. The molecule has 6 heteroatoms. The molecular formula is C36H12S6. The fraction of sp³-hybridized carbons (Fsp3) is 0. The van der Waals surface area contributed by atoms with Crippen molar-refractivity contribution in [2.24, 2.45) is 0 Å². The van der Waals surface area contributed by atoms with Gasteiger partial charge in [-0.2, -0.15) is 0 Å². The number of hydrogen-bond donors (Lipinski definition) is 0. The van der Waals surface area contributed by atoms with Crippen molar-refractivity contribution in [2.75, 3.05) is 0 Å². The van der Waals surface area contributed by atoms with Gasteiger partial charge in [0.05, 0.1) is 0 Å². The Morgan fingerprint density at radius 1 is 0.214 bits per heavy atom. The highest BCUT2D eigenvalue weighted by Crippen LogP contribution is 2.61. The molecule has 0 amide bonds. The number of benzene rings is 7. The van der Waals surface area contributed by atoms with Crippen LogP contribution in [0, 0.1) is 0 Å². The van der Waals surface area contributed by atoms with E-state index in [-0.39, 0.29) is 0 Å². The Kier molecular flexibility index (Phi) is 3.42. The Labute approximate surface area is 259 Å². The van der Waals surface area contributed by atoms with E-state index in [0.29, 0.717) is 0 Å². The molecule has 0 atom stereocenters. The largest absolute Gasteiger partial charge is 0.143 e. The van der Waals surface area contributed by atoms with Gasteiger partial charge < -0.3 is 0 Å². The average Bonchev–Trinajstić information content (AvgIpc) is 3.86. The fourth-order valence-electron chi connectivity index (χ4n) is 8.68. The first-order valence-electron chi connectivity index (χ1n) is 13.9. The summed E-state index contributed by atoms with van der Waals surface area (Å²) in [6, 6.07) is 14.4. The SMILES string of the molecule is c1cc2c(s1)c1c3ccsc3c3c4sccc4c4c5ccsc5c5c6ccsc6c6c7sccc7c2c2c1c3c4c5c62. The maximum absolute atomic E-state index is 2.40. The molecule has 0 aliphatic heterocycles. The quantitative estimate of drug-likeness (QED) is 0.115. The molecule has 0 aliphatic carbocycles. The van der Waals surface area contributed by atoms with E-state index in [0.717, 1.165) is 0 Å². The van der Waals surface area contributed by atoms with E-state index in [1.54, 1.807) is 0 Å². The number of thiophene rings is 6. The molecule has 0 bridgehead atoms. The van der Waals surface area contributed by atoms with Gasteiger partial charge in [-0.25, -0.2) is 0 Å². The lowest BCUT2D eigenvalue weighted by Gasteiger charge is -2.24. The summed E-state index contributed by atoms with van der Waals surface area (Å²) in [5.74, 6) is 0. The Morgan fingerprint density at radius 3 is 0.738 bits per heavy atom. The van der Waals surface area contributed by atoms with Crippen LogP contribution in [-0.4, -0.2) is 0 Å². The van der Waals surface area contributed by atoms with E-state index >= 15 is 0 Å². The summed E-state index contributed by atoms with van der Waals surface area (Å²) in [5, 5.41) is 40.3. The van der Waals surface area contributed by atoms with Gasteiger partial charge >= 0.3 is 0 Å². The molecule has 13 aromatic rings. The number of fused-ring (bicyclic) bond motifs is 18. The van der Waals surface area contributed by atoms with E-state index in [9.17, 15) is 0 Å². The third kappa shape index (κ3) is 2.00. The molecule has 0 nitrogen and oxygen atoms in total. The lowest BCUT2D eigenvalue weighted by Crippen LogP contribution is -1.95. The normalized spacial score (nSPS) is 13.7. The molecule has 6 heterocycles. The fourth-order valence-corrected chi connectivity index (χ4v) is 14.6. The van der Waals surface area contributed by atoms with Crippen molar-refractivity contribution in [1.82, 2.24) is 0 Å². The van der Waals surface area contributed by atoms with Crippen LogP contribution < -0.4 is 0 Å². The van der Waals surface area contributed by atoms with Crippen molar-refractivity contribution in [3.05, 3.63) is 68.7 Å². The summed E-state index contributed by atoms with van der Waals surface area (Å²) in [5.41, 5.74) is 0. The van der Waals surface area contributed by atoms with Crippen LogP contribution in [0.4, 0.5) is 0 Å². The average molecular weight is 637 g/mol. The molecule has 0 saturated carbocycles. The summed E-state index contributed by atoms with van der Waals surface area (Å²) in [6.07, 6.45) is 0. The van der Waals surface area contributed by atoms with Crippen molar-refractivity contribution in [3.8, 4) is 0 Å². The van der Waals surface area contributed by atoms with E-state index < -0.39 is 0 Å². The Balaban J connectivity index is 1.65. The second kappa shape index (κ2) is 6.73. The maximum Gasteiger partial charge on any atom is 0.0442 e. The van der Waals surface area contributed by atoms with Crippen molar-refractivity contribution in [1.29, 1.82) is 0 Å². The number of rotatable bonds is 0. The minimum Gasteiger partial charge on any atom is -0.143 e. The van der Waals surface area contributed by atoms with Gasteiger partial charge in [-0.15, -0.1) is 68.0 Å². The molecule has 7 aromatic carbocycles. The first-order valence-corrected chi connectivity index (χ1v) is 19.1. The van der Waals surface area contributed by atoms with E-state index in [4.69, 9.17) is 0 Å². The van der Waals surface area contributed by atoms with Gasteiger partial charge in [0.2, 0.25) is 0 Å². The molecule has 0 aliphatic rings. The van der Waals surface area contributed by atoms with Crippen molar-refractivity contribution < 1.29 is 0 Å². The Hall–Kier alpha value is -3.36. The third-order valence-electron chi connectivity index (χ3n) is 9.97. The van der Waals surface area contributed by atoms with Crippen molar-refractivity contribution >= 4 is 193 Å². The highest BCUT2D eigenvalue weighted by molar-refractivity contribution is 7.24. The van der Waals surface area contributed by atoms with Crippen LogP contribution in [0.1, 0.15) is 0 Å². The van der Waals surface area contributed by atoms with Gasteiger partial charge in [0.15, 0.2) is 0 Å².